The molecule has 1 aromatic rings. The van der Waals surface area contributed by atoms with E-state index in [1.165, 1.54) is 12.8 Å². The highest BCUT2D eigenvalue weighted by Gasteiger charge is 2.66. The third-order valence-electron chi connectivity index (χ3n) is 11.9. The van der Waals surface area contributed by atoms with Crippen LogP contribution in [0.15, 0.2) is 12.1 Å². The fourth-order valence-electron chi connectivity index (χ4n) is 9.90. The van der Waals surface area contributed by atoms with Crippen molar-refractivity contribution in [2.24, 2.45) is 46.2 Å². The van der Waals surface area contributed by atoms with Crippen LogP contribution in [0.25, 0.3) is 0 Å². The number of aliphatic hydroxyl groups is 2. The number of halogens is 1. The summed E-state index contributed by atoms with van der Waals surface area (Å²) in [5.74, 6) is 2.53. The molecule has 0 spiro atoms. The molecule has 0 bridgehead atoms. The Balaban J connectivity index is 1.28. The minimum atomic E-state index is -0.689. The molecule has 7 heteroatoms. The molecule has 4 aliphatic rings. The van der Waals surface area contributed by atoms with Crippen LogP contribution in [-0.4, -0.2) is 33.9 Å². The summed E-state index contributed by atoms with van der Waals surface area (Å²) in [6.45, 7) is 9.17. The minimum Gasteiger partial charge on any atom is -0.393 e. The van der Waals surface area contributed by atoms with Crippen LogP contribution >= 0.6 is 22.9 Å². The number of hydrogen-bond acceptors (Lipinski definition) is 5. The first-order chi connectivity index (χ1) is 17.4. The van der Waals surface area contributed by atoms with Crippen molar-refractivity contribution in [1.29, 1.82) is 0 Å². The molecular formula is C30H47ClN2O3S. The van der Waals surface area contributed by atoms with Gasteiger partial charge in [-0.15, -0.1) is 11.3 Å². The molecule has 5 nitrogen and oxygen atoms in total. The van der Waals surface area contributed by atoms with Gasteiger partial charge in [0.15, 0.2) is 0 Å². The maximum absolute atomic E-state index is 13.1. The van der Waals surface area contributed by atoms with E-state index in [0.717, 1.165) is 47.7 Å². The SMILES string of the molecule is CCC(NC(=O)C[C@@H](C)C1CC[C@H]2C3C[C@H](O)C4(N)C[C@H](O)CCC4(C)[C@H]3CCC12C)c1ccc(Cl)s1. The van der Waals surface area contributed by atoms with E-state index < -0.39 is 17.7 Å². The van der Waals surface area contributed by atoms with Crippen molar-refractivity contribution in [1.82, 2.24) is 5.32 Å². The standard InChI is InChI=1S/C30H47ClN2O3S/c1-5-23(24-8-9-26(31)37-24)33-27(36)14-17(2)20-6-7-21-19-15-25(35)30(32)16-18(34)10-13-29(30,4)22(19)11-12-28(20,21)3/h8-9,17-23,25,34-35H,5-7,10-16,32H2,1-4H3,(H,33,36)/t17-,18-,19?,20?,21+,22+,23?,25+,28?,29?,30?/m1/s1. The van der Waals surface area contributed by atoms with Gasteiger partial charge < -0.3 is 21.3 Å². The molecule has 37 heavy (non-hydrogen) atoms. The molecule has 208 valence electrons. The van der Waals surface area contributed by atoms with Crippen LogP contribution in [0.2, 0.25) is 4.34 Å². The van der Waals surface area contributed by atoms with Crippen molar-refractivity contribution in [3.8, 4) is 0 Å². The van der Waals surface area contributed by atoms with Crippen molar-refractivity contribution < 1.29 is 15.0 Å². The largest absolute Gasteiger partial charge is 0.393 e. The first kappa shape index (κ1) is 27.9. The zero-order valence-corrected chi connectivity index (χ0v) is 24.6. The maximum atomic E-state index is 13.1. The van der Waals surface area contributed by atoms with Crippen LogP contribution in [0.1, 0.15) is 103 Å². The second-order valence-corrected chi connectivity index (χ2v) is 15.3. The molecule has 1 heterocycles. The van der Waals surface area contributed by atoms with E-state index in [1.54, 1.807) is 11.3 Å². The molecular weight excluding hydrogens is 504 g/mol. The molecule has 1 amide bonds. The highest BCUT2D eigenvalue weighted by atomic mass is 35.5. The fourth-order valence-corrected chi connectivity index (χ4v) is 11.1. The lowest BCUT2D eigenvalue weighted by Gasteiger charge is -2.66. The number of amides is 1. The smallest absolute Gasteiger partial charge is 0.220 e. The Morgan fingerprint density at radius 1 is 1.19 bits per heavy atom. The Kier molecular flexibility index (Phi) is 7.59. The van der Waals surface area contributed by atoms with E-state index in [2.05, 4.69) is 33.0 Å². The van der Waals surface area contributed by atoms with Gasteiger partial charge in [-0.25, -0.2) is 0 Å². The topological polar surface area (TPSA) is 95.6 Å². The normalized spacial score (nSPS) is 44.9. The van der Waals surface area contributed by atoms with Gasteiger partial charge in [-0.2, -0.15) is 0 Å². The van der Waals surface area contributed by atoms with Crippen LogP contribution in [-0.2, 0) is 4.79 Å². The molecule has 0 aromatic carbocycles. The lowest BCUT2D eigenvalue weighted by molar-refractivity contribution is -0.184. The van der Waals surface area contributed by atoms with Gasteiger partial charge in [-0.3, -0.25) is 4.79 Å². The summed E-state index contributed by atoms with van der Waals surface area (Å²) >= 11 is 7.68. The minimum absolute atomic E-state index is 0.0227. The second-order valence-electron chi connectivity index (χ2n) is 13.6. The summed E-state index contributed by atoms with van der Waals surface area (Å²) in [5.41, 5.74) is 6.36. The van der Waals surface area contributed by atoms with E-state index in [4.69, 9.17) is 17.3 Å². The lowest BCUT2D eigenvalue weighted by atomic mass is 9.41. The molecule has 0 saturated heterocycles. The van der Waals surface area contributed by atoms with Gasteiger partial charge in [0.2, 0.25) is 5.91 Å². The third-order valence-corrected chi connectivity index (χ3v) is 13.3. The van der Waals surface area contributed by atoms with Crippen molar-refractivity contribution in [2.75, 3.05) is 0 Å². The number of rotatable bonds is 6. The van der Waals surface area contributed by atoms with Crippen LogP contribution < -0.4 is 11.1 Å². The molecule has 5 N–H and O–H groups in total. The number of carbonyl (C=O) groups is 1. The highest BCUT2D eigenvalue weighted by Crippen LogP contribution is 2.68. The van der Waals surface area contributed by atoms with Crippen LogP contribution in [0.4, 0.5) is 0 Å². The number of fused-ring (bicyclic) bond motifs is 5. The van der Waals surface area contributed by atoms with Crippen molar-refractivity contribution in [3.05, 3.63) is 21.3 Å². The van der Waals surface area contributed by atoms with Gasteiger partial charge in [0.1, 0.15) is 0 Å². The lowest BCUT2D eigenvalue weighted by Crippen LogP contribution is -2.72. The number of carbonyl (C=O) groups excluding carboxylic acids is 1. The number of hydrogen-bond donors (Lipinski definition) is 4. The molecule has 6 unspecified atom stereocenters. The fraction of sp³-hybridized carbons (Fsp3) is 0.833. The second kappa shape index (κ2) is 10.1. The summed E-state index contributed by atoms with van der Waals surface area (Å²) in [6.07, 6.45) is 8.07. The Bertz CT molecular complexity index is 1000. The Labute approximate surface area is 231 Å². The molecule has 4 aliphatic carbocycles. The average molecular weight is 551 g/mol. The van der Waals surface area contributed by atoms with E-state index >= 15 is 0 Å². The maximum Gasteiger partial charge on any atom is 0.220 e. The number of nitrogens with one attached hydrogen (secondary N) is 1. The van der Waals surface area contributed by atoms with Gasteiger partial charge in [-0.05, 0) is 110 Å². The van der Waals surface area contributed by atoms with Gasteiger partial charge in [0.05, 0.1) is 22.6 Å². The van der Waals surface area contributed by atoms with Crippen LogP contribution in [0.3, 0.4) is 0 Å². The van der Waals surface area contributed by atoms with Crippen LogP contribution in [0, 0.1) is 40.4 Å². The van der Waals surface area contributed by atoms with E-state index in [1.807, 2.05) is 12.1 Å². The van der Waals surface area contributed by atoms with Crippen LogP contribution in [0.5, 0.6) is 0 Å². The third kappa shape index (κ3) is 4.51. The van der Waals surface area contributed by atoms with Crippen molar-refractivity contribution in [3.63, 3.8) is 0 Å². The molecule has 4 saturated carbocycles. The molecule has 11 atom stereocenters. The van der Waals surface area contributed by atoms with E-state index in [-0.39, 0.29) is 22.8 Å². The predicted molar refractivity (Wildman–Crippen MR) is 150 cm³/mol. The molecule has 1 aromatic heterocycles. The van der Waals surface area contributed by atoms with Gasteiger partial charge in [0, 0.05) is 16.8 Å². The molecule has 5 rings (SSSR count). The summed E-state index contributed by atoms with van der Waals surface area (Å²) in [5, 5.41) is 25.1. The van der Waals surface area contributed by atoms with E-state index in [9.17, 15) is 15.0 Å². The van der Waals surface area contributed by atoms with E-state index in [0.29, 0.717) is 42.4 Å². The first-order valence-electron chi connectivity index (χ1n) is 14.6. The monoisotopic (exact) mass is 550 g/mol. The number of aliphatic hydroxyl groups excluding tert-OH is 2. The molecule has 4 fully saturated rings. The van der Waals surface area contributed by atoms with Gasteiger partial charge in [0.25, 0.3) is 0 Å². The highest BCUT2D eigenvalue weighted by molar-refractivity contribution is 7.16. The quantitative estimate of drug-likeness (QED) is 0.346. The molecule has 0 radical (unpaired) electrons. The Morgan fingerprint density at radius 3 is 2.62 bits per heavy atom. The number of nitrogens with two attached hydrogens (primary N) is 1. The number of thiophene rings is 1. The summed E-state index contributed by atoms with van der Waals surface area (Å²) in [4.78, 5) is 14.3. The summed E-state index contributed by atoms with van der Waals surface area (Å²) in [7, 11) is 0. The van der Waals surface area contributed by atoms with Gasteiger partial charge >= 0.3 is 0 Å². The molecule has 0 aliphatic heterocycles. The van der Waals surface area contributed by atoms with Crippen molar-refractivity contribution >= 4 is 28.8 Å². The zero-order chi connectivity index (χ0) is 26.8. The Hall–Kier alpha value is -0.660. The summed E-state index contributed by atoms with van der Waals surface area (Å²) in [6, 6.07) is 3.95. The predicted octanol–water partition coefficient (Wildman–Crippen LogP) is 6.07. The average Bonchev–Trinajstić information content (AvgIpc) is 3.42. The van der Waals surface area contributed by atoms with Gasteiger partial charge in [-0.1, -0.05) is 39.3 Å². The first-order valence-corrected chi connectivity index (χ1v) is 15.8. The summed E-state index contributed by atoms with van der Waals surface area (Å²) < 4.78 is 0.759. The zero-order valence-electron chi connectivity index (χ0n) is 23.0. The Morgan fingerprint density at radius 2 is 1.95 bits per heavy atom. The van der Waals surface area contributed by atoms with Crippen molar-refractivity contribution in [2.45, 2.75) is 116 Å².